The highest BCUT2D eigenvalue weighted by atomic mass is 32.2. The van der Waals surface area contributed by atoms with Crippen LogP contribution >= 0.6 is 0 Å². The zero-order valence-corrected chi connectivity index (χ0v) is 26.9. The van der Waals surface area contributed by atoms with Gasteiger partial charge in [-0.15, -0.1) is 13.2 Å². The zero-order chi connectivity index (χ0) is 33.7. The Bertz CT molecular complexity index is 1690. The Hall–Kier alpha value is -3.75. The molecule has 0 aliphatic carbocycles. The summed E-state index contributed by atoms with van der Waals surface area (Å²) in [6, 6.07) is 7.46. The number of carbonyl (C=O) groups excluding carboxylic acids is 2. The minimum absolute atomic E-state index is 0.0440. The van der Waals surface area contributed by atoms with E-state index in [0.717, 1.165) is 22.6 Å². The number of hydrogen-bond donors (Lipinski definition) is 2. The minimum Gasteiger partial charge on any atom is -0.406 e. The molecule has 3 aliphatic rings. The molecule has 0 aromatic heterocycles. The second kappa shape index (κ2) is 12.1. The third-order valence-corrected chi connectivity index (χ3v) is 10.5. The molecule has 3 aliphatic heterocycles. The summed E-state index contributed by atoms with van der Waals surface area (Å²) in [4.78, 5) is 32.4. The van der Waals surface area contributed by atoms with Gasteiger partial charge in [-0.25, -0.2) is 8.42 Å². The first-order valence-corrected chi connectivity index (χ1v) is 16.5. The van der Waals surface area contributed by atoms with E-state index in [0.29, 0.717) is 42.6 Å². The molecule has 46 heavy (non-hydrogen) atoms. The summed E-state index contributed by atoms with van der Waals surface area (Å²) in [6.07, 6.45) is -2.05. The predicted molar refractivity (Wildman–Crippen MR) is 166 cm³/mol. The van der Waals surface area contributed by atoms with Crippen LogP contribution in [0.1, 0.15) is 70.8 Å². The lowest BCUT2D eigenvalue weighted by atomic mass is 9.89. The molecule has 2 aromatic rings. The Balaban J connectivity index is 1.25. The molecular weight excluding hydrogens is 625 g/mol. The topological polar surface area (TPSA) is 129 Å². The van der Waals surface area contributed by atoms with Crippen LogP contribution in [0, 0.1) is 20.8 Å². The molecule has 2 N–H and O–H groups in total. The van der Waals surface area contributed by atoms with Crippen molar-refractivity contribution in [2.24, 2.45) is 4.99 Å². The lowest BCUT2D eigenvalue weighted by Crippen LogP contribution is -2.50. The van der Waals surface area contributed by atoms with Crippen molar-refractivity contribution in [1.82, 2.24) is 14.5 Å². The Morgan fingerprint density at radius 3 is 2.17 bits per heavy atom. The van der Waals surface area contributed by atoms with Gasteiger partial charge < -0.3 is 20.1 Å². The maximum Gasteiger partial charge on any atom is 0.573 e. The van der Waals surface area contributed by atoms with Gasteiger partial charge in [0.2, 0.25) is 10.0 Å². The van der Waals surface area contributed by atoms with Crippen molar-refractivity contribution in [3.05, 3.63) is 69.1 Å². The van der Waals surface area contributed by atoms with Gasteiger partial charge >= 0.3 is 6.36 Å². The summed E-state index contributed by atoms with van der Waals surface area (Å²) in [5.41, 5.74) is 1.35. The Morgan fingerprint density at radius 2 is 1.61 bits per heavy atom. The number of nitrogens with one attached hydrogen (secondary N) is 1. The number of likely N-dealkylation sites (tertiary alicyclic amines) is 1. The summed E-state index contributed by atoms with van der Waals surface area (Å²) in [7, 11) is -3.86. The van der Waals surface area contributed by atoms with Crippen LogP contribution in [0.4, 0.5) is 13.2 Å². The number of hydrogen-bond acceptors (Lipinski definition) is 7. The third-order valence-electron chi connectivity index (χ3n) is 8.94. The SMILES string of the molecule is Cc1cc(C2=NC3(CCN(S(=O)(=O)/C=C/c4c(C)cc(C(=O)N5CCC(C)(O)CC5)cc4C)CC3)C(=O)N2)ccc1OC(F)(F)F. The average Bonchev–Trinajstić information content (AvgIpc) is 3.27. The normalized spacial score (nSPS) is 20.2. The molecule has 2 fully saturated rings. The summed E-state index contributed by atoms with van der Waals surface area (Å²) < 4.78 is 69.8. The van der Waals surface area contributed by atoms with E-state index in [1.807, 2.05) is 13.8 Å². The van der Waals surface area contributed by atoms with E-state index in [-0.39, 0.29) is 54.9 Å². The second-order valence-electron chi connectivity index (χ2n) is 12.5. The van der Waals surface area contributed by atoms with Gasteiger partial charge in [-0.1, -0.05) is 0 Å². The number of benzene rings is 2. The Labute approximate surface area is 266 Å². The van der Waals surface area contributed by atoms with Crippen LogP contribution in [0.25, 0.3) is 6.08 Å². The standard InChI is InChI=1S/C32H37F3N4O6S/c1-20-17-24(28(40)38-12-8-30(4,42)9-13-38)18-21(2)25(20)7-16-46(43,44)39-14-10-31(11-15-39)29(41)36-27(37-31)23-5-6-26(22(3)19-23)45-32(33,34)35/h5-7,16-19,42H,8-15H2,1-4H3,(H,36,37,41)/b16-7+. The van der Waals surface area contributed by atoms with Gasteiger partial charge in [-0.2, -0.15) is 4.31 Å². The third kappa shape index (κ3) is 7.13. The Morgan fingerprint density at radius 1 is 1.00 bits per heavy atom. The van der Waals surface area contributed by atoms with E-state index < -0.39 is 27.5 Å². The number of rotatable bonds is 6. The molecular formula is C32H37F3N4O6S. The predicted octanol–water partition coefficient (Wildman–Crippen LogP) is 4.21. The van der Waals surface area contributed by atoms with Crippen LogP contribution in [0.15, 0.2) is 40.7 Å². The van der Waals surface area contributed by atoms with Gasteiger partial charge in [0.05, 0.1) is 5.60 Å². The molecule has 0 unspecified atom stereocenters. The second-order valence-corrected chi connectivity index (χ2v) is 14.4. The van der Waals surface area contributed by atoms with E-state index in [4.69, 9.17) is 0 Å². The highest BCUT2D eigenvalue weighted by molar-refractivity contribution is 7.92. The van der Waals surface area contributed by atoms with Crippen molar-refractivity contribution in [2.75, 3.05) is 26.2 Å². The maximum atomic E-state index is 13.3. The number of ether oxygens (including phenoxy) is 1. The van der Waals surface area contributed by atoms with Crippen LogP contribution in [-0.2, 0) is 14.8 Å². The number of nitrogens with zero attached hydrogens (tertiary/aromatic N) is 3. The van der Waals surface area contributed by atoms with Crippen LogP contribution < -0.4 is 10.1 Å². The van der Waals surface area contributed by atoms with Crippen LogP contribution in [0.2, 0.25) is 0 Å². The molecule has 1 spiro atoms. The Kier molecular flexibility index (Phi) is 8.86. The van der Waals surface area contributed by atoms with Gasteiger partial charge in [0.25, 0.3) is 11.8 Å². The fourth-order valence-electron chi connectivity index (χ4n) is 6.11. The molecule has 14 heteroatoms. The van der Waals surface area contributed by atoms with Crippen molar-refractivity contribution >= 4 is 33.7 Å². The first kappa shape index (κ1) is 33.6. The van der Waals surface area contributed by atoms with Gasteiger partial charge in [0, 0.05) is 42.7 Å². The van der Waals surface area contributed by atoms with Crippen molar-refractivity contribution in [2.45, 2.75) is 70.9 Å². The van der Waals surface area contributed by atoms with Gasteiger partial charge in [0.15, 0.2) is 0 Å². The van der Waals surface area contributed by atoms with Crippen molar-refractivity contribution in [3.8, 4) is 5.75 Å². The van der Waals surface area contributed by atoms with Gasteiger partial charge in [-0.3, -0.25) is 14.6 Å². The largest absolute Gasteiger partial charge is 0.573 e. The van der Waals surface area contributed by atoms with Crippen LogP contribution in [0.5, 0.6) is 5.75 Å². The van der Waals surface area contributed by atoms with Gasteiger partial charge in [-0.05, 0) is 112 Å². The zero-order valence-electron chi connectivity index (χ0n) is 26.1. The van der Waals surface area contributed by atoms with E-state index in [2.05, 4.69) is 15.0 Å². The summed E-state index contributed by atoms with van der Waals surface area (Å²) in [5.74, 6) is -0.663. The maximum absolute atomic E-state index is 13.3. The quantitative estimate of drug-likeness (QED) is 0.477. The number of amidine groups is 1. The van der Waals surface area contributed by atoms with Crippen LogP contribution in [0.3, 0.4) is 0 Å². The molecule has 2 aromatic carbocycles. The van der Waals surface area contributed by atoms with Crippen molar-refractivity contribution in [3.63, 3.8) is 0 Å². The van der Waals surface area contributed by atoms with Crippen molar-refractivity contribution in [1.29, 1.82) is 0 Å². The molecule has 0 atom stereocenters. The highest BCUT2D eigenvalue weighted by Crippen LogP contribution is 2.34. The molecule has 2 amide bonds. The number of amides is 2. The van der Waals surface area contributed by atoms with Crippen LogP contribution in [-0.4, -0.2) is 84.1 Å². The number of piperidine rings is 2. The number of carbonyl (C=O) groups is 2. The summed E-state index contributed by atoms with van der Waals surface area (Å²) >= 11 is 0. The number of aliphatic imine (C=N–C) groups is 1. The van der Waals surface area contributed by atoms with E-state index >= 15 is 0 Å². The highest BCUT2D eigenvalue weighted by Gasteiger charge is 2.47. The number of aliphatic hydroxyl groups is 1. The summed E-state index contributed by atoms with van der Waals surface area (Å²) in [5, 5.41) is 14.0. The number of alkyl halides is 3. The lowest BCUT2D eigenvalue weighted by molar-refractivity contribution is -0.274. The lowest BCUT2D eigenvalue weighted by Gasteiger charge is -2.36. The molecule has 0 bridgehead atoms. The molecule has 5 rings (SSSR count). The minimum atomic E-state index is -4.83. The summed E-state index contributed by atoms with van der Waals surface area (Å²) in [6.45, 7) is 7.86. The smallest absolute Gasteiger partial charge is 0.406 e. The fraction of sp³-hybridized carbons (Fsp3) is 0.469. The molecule has 248 valence electrons. The van der Waals surface area contributed by atoms with E-state index in [1.54, 1.807) is 24.0 Å². The molecule has 2 saturated heterocycles. The molecule has 0 radical (unpaired) electrons. The van der Waals surface area contributed by atoms with Crippen molar-refractivity contribution < 1.29 is 41.0 Å². The number of aryl methyl sites for hydroxylation is 3. The first-order valence-electron chi connectivity index (χ1n) is 15.0. The average molecular weight is 663 g/mol. The number of halogens is 3. The van der Waals surface area contributed by atoms with E-state index in [1.165, 1.54) is 29.4 Å². The first-order chi connectivity index (χ1) is 21.4. The molecule has 3 heterocycles. The molecule has 10 nitrogen and oxygen atoms in total. The monoisotopic (exact) mass is 662 g/mol. The van der Waals surface area contributed by atoms with Gasteiger partial charge in [0.1, 0.15) is 17.1 Å². The fourth-order valence-corrected chi connectivity index (χ4v) is 7.29. The number of sulfonamides is 1. The van der Waals surface area contributed by atoms with E-state index in [9.17, 15) is 36.3 Å². The molecule has 0 saturated carbocycles.